The summed E-state index contributed by atoms with van der Waals surface area (Å²) in [5.74, 6) is -0.342. The average Bonchev–Trinajstić information content (AvgIpc) is 3.05. The van der Waals surface area contributed by atoms with Crippen molar-refractivity contribution >= 4 is 11.6 Å². The highest BCUT2D eigenvalue weighted by Gasteiger charge is 2.36. The molecular formula is C24H29FN2O3. The van der Waals surface area contributed by atoms with Crippen LogP contribution in [0.15, 0.2) is 42.5 Å². The Kier molecular flexibility index (Phi) is 5.66. The highest BCUT2D eigenvalue weighted by atomic mass is 19.1. The molecule has 0 radical (unpaired) electrons. The lowest BCUT2D eigenvalue weighted by atomic mass is 9.84. The summed E-state index contributed by atoms with van der Waals surface area (Å²) < 4.78 is 14.1. The molecule has 2 aromatic rings. The number of hydrogen-bond acceptors (Lipinski definition) is 4. The van der Waals surface area contributed by atoms with Gasteiger partial charge in [0.25, 0.3) is 0 Å². The van der Waals surface area contributed by atoms with Crippen molar-refractivity contribution in [3.05, 3.63) is 65.0 Å². The normalized spacial score (nSPS) is 22.0. The van der Waals surface area contributed by atoms with E-state index in [4.69, 9.17) is 0 Å². The fourth-order valence-electron chi connectivity index (χ4n) is 4.90. The van der Waals surface area contributed by atoms with E-state index < -0.39 is 11.7 Å². The monoisotopic (exact) mass is 412 g/mol. The molecule has 30 heavy (non-hydrogen) atoms. The highest BCUT2D eigenvalue weighted by Crippen LogP contribution is 2.36. The lowest BCUT2D eigenvalue weighted by molar-refractivity contribution is -0.116. The van der Waals surface area contributed by atoms with Gasteiger partial charge in [0.05, 0.1) is 11.7 Å². The number of anilines is 1. The Morgan fingerprint density at radius 1 is 1.23 bits per heavy atom. The minimum atomic E-state index is -1.16. The topological polar surface area (TPSA) is 64.0 Å². The smallest absolute Gasteiger partial charge is 0.224 e. The number of fused-ring (bicyclic) bond motifs is 1. The van der Waals surface area contributed by atoms with Gasteiger partial charge in [-0.15, -0.1) is 0 Å². The summed E-state index contributed by atoms with van der Waals surface area (Å²) in [4.78, 5) is 15.8. The highest BCUT2D eigenvalue weighted by molar-refractivity contribution is 5.94. The van der Waals surface area contributed by atoms with Crippen LogP contribution < -0.4 is 4.90 Å². The van der Waals surface area contributed by atoms with Gasteiger partial charge in [0, 0.05) is 43.9 Å². The summed E-state index contributed by atoms with van der Waals surface area (Å²) >= 11 is 0. The van der Waals surface area contributed by atoms with Gasteiger partial charge in [0.2, 0.25) is 5.91 Å². The Bertz CT molecular complexity index is 940. The maximum absolute atomic E-state index is 14.1. The molecule has 0 saturated carbocycles. The Morgan fingerprint density at radius 3 is 2.60 bits per heavy atom. The minimum absolute atomic E-state index is 0.0326. The summed E-state index contributed by atoms with van der Waals surface area (Å²) in [6.07, 6.45) is 0.984. The molecule has 2 N–H and O–H groups in total. The van der Waals surface area contributed by atoms with E-state index in [1.165, 1.54) is 6.07 Å². The van der Waals surface area contributed by atoms with Crippen LogP contribution in [0.1, 0.15) is 49.5 Å². The van der Waals surface area contributed by atoms with Crippen molar-refractivity contribution in [1.82, 2.24) is 4.90 Å². The van der Waals surface area contributed by atoms with Crippen molar-refractivity contribution in [2.24, 2.45) is 0 Å². The van der Waals surface area contributed by atoms with Crippen LogP contribution in [-0.2, 0) is 16.8 Å². The molecule has 1 amide bonds. The SMILES string of the molecule is CC(=O)N1c2ccc([C@H](O)CN3CCC(O)(c4ccccc4F)CC3)cc2C[C@@H]1C. The first-order valence-electron chi connectivity index (χ1n) is 10.6. The fourth-order valence-corrected chi connectivity index (χ4v) is 4.90. The molecule has 2 aliphatic heterocycles. The summed E-state index contributed by atoms with van der Waals surface area (Å²) in [5, 5.41) is 21.7. The second kappa shape index (κ2) is 8.10. The number of halogens is 1. The number of aliphatic hydroxyl groups excluding tert-OH is 1. The number of carbonyl (C=O) groups excluding carboxylic acids is 1. The lowest BCUT2D eigenvalue weighted by Gasteiger charge is -2.39. The van der Waals surface area contributed by atoms with Gasteiger partial charge in [0.1, 0.15) is 5.82 Å². The van der Waals surface area contributed by atoms with E-state index >= 15 is 0 Å². The van der Waals surface area contributed by atoms with Crippen molar-refractivity contribution < 1.29 is 19.4 Å². The predicted molar refractivity (Wildman–Crippen MR) is 114 cm³/mol. The molecule has 2 aliphatic rings. The number of likely N-dealkylation sites (tertiary alicyclic amines) is 1. The molecule has 0 unspecified atom stereocenters. The van der Waals surface area contributed by atoms with Crippen molar-refractivity contribution in [3.8, 4) is 0 Å². The van der Waals surface area contributed by atoms with Gasteiger partial charge in [-0.2, -0.15) is 0 Å². The summed E-state index contributed by atoms with van der Waals surface area (Å²) in [5.41, 5.74) is 2.04. The summed E-state index contributed by atoms with van der Waals surface area (Å²) in [6, 6.07) is 12.3. The van der Waals surface area contributed by atoms with Crippen molar-refractivity contribution in [3.63, 3.8) is 0 Å². The molecule has 5 nitrogen and oxygen atoms in total. The second-order valence-electron chi connectivity index (χ2n) is 8.66. The van der Waals surface area contributed by atoms with Crippen LogP contribution in [0.5, 0.6) is 0 Å². The van der Waals surface area contributed by atoms with Crippen LogP contribution in [0.25, 0.3) is 0 Å². The molecule has 1 fully saturated rings. The van der Waals surface area contributed by atoms with Crippen LogP contribution in [0.4, 0.5) is 10.1 Å². The van der Waals surface area contributed by atoms with Crippen LogP contribution in [0.3, 0.4) is 0 Å². The first-order valence-corrected chi connectivity index (χ1v) is 10.6. The molecule has 1 saturated heterocycles. The lowest BCUT2D eigenvalue weighted by Crippen LogP contribution is -2.44. The molecule has 0 bridgehead atoms. The third-order valence-corrected chi connectivity index (χ3v) is 6.53. The van der Waals surface area contributed by atoms with Gasteiger partial charge in [-0.1, -0.05) is 30.3 Å². The van der Waals surface area contributed by atoms with Gasteiger partial charge in [0.15, 0.2) is 0 Å². The van der Waals surface area contributed by atoms with Gasteiger partial charge in [-0.3, -0.25) is 4.79 Å². The second-order valence-corrected chi connectivity index (χ2v) is 8.66. The summed E-state index contributed by atoms with van der Waals surface area (Å²) in [7, 11) is 0. The number of carbonyl (C=O) groups is 1. The zero-order chi connectivity index (χ0) is 21.5. The zero-order valence-electron chi connectivity index (χ0n) is 17.5. The molecule has 160 valence electrons. The third-order valence-electron chi connectivity index (χ3n) is 6.53. The molecule has 6 heteroatoms. The number of rotatable bonds is 4. The fraction of sp³-hybridized carbons (Fsp3) is 0.458. The maximum Gasteiger partial charge on any atom is 0.224 e. The van der Waals surface area contributed by atoms with Crippen LogP contribution >= 0.6 is 0 Å². The minimum Gasteiger partial charge on any atom is -0.387 e. The van der Waals surface area contributed by atoms with Gasteiger partial charge >= 0.3 is 0 Å². The number of hydrogen-bond donors (Lipinski definition) is 2. The van der Waals surface area contributed by atoms with Gasteiger partial charge in [-0.25, -0.2) is 4.39 Å². The van der Waals surface area contributed by atoms with Crippen LogP contribution in [0, 0.1) is 5.82 Å². The molecule has 4 rings (SSSR count). The standard InChI is InChI=1S/C24H29FN2O3/c1-16-13-19-14-18(7-8-22(19)27(16)17(2)28)23(29)15-26-11-9-24(30,10-12-26)20-5-3-4-6-21(20)25/h3-8,14,16,23,29-30H,9-13,15H2,1-2H3/t16-,23+/m0/s1. The largest absolute Gasteiger partial charge is 0.387 e. The number of amides is 1. The Balaban J connectivity index is 1.40. The zero-order valence-corrected chi connectivity index (χ0v) is 17.5. The van der Waals surface area contributed by atoms with E-state index in [9.17, 15) is 19.4 Å². The van der Waals surface area contributed by atoms with E-state index in [0.29, 0.717) is 38.0 Å². The van der Waals surface area contributed by atoms with E-state index in [0.717, 1.165) is 23.2 Å². The molecule has 2 heterocycles. The summed E-state index contributed by atoms with van der Waals surface area (Å²) in [6.45, 7) is 5.23. The Morgan fingerprint density at radius 2 is 1.93 bits per heavy atom. The Labute approximate surface area is 176 Å². The first kappa shape index (κ1) is 21.0. The van der Waals surface area contributed by atoms with E-state index in [-0.39, 0.29) is 17.8 Å². The molecule has 0 aromatic heterocycles. The number of aliphatic hydroxyl groups is 2. The van der Waals surface area contributed by atoms with Gasteiger partial charge in [-0.05, 0) is 49.4 Å². The van der Waals surface area contributed by atoms with Gasteiger partial charge < -0.3 is 20.0 Å². The van der Waals surface area contributed by atoms with Crippen molar-refractivity contribution in [2.45, 2.75) is 50.9 Å². The Hall–Kier alpha value is -2.28. The molecular weight excluding hydrogens is 383 g/mol. The van der Waals surface area contributed by atoms with E-state index in [1.54, 1.807) is 30.0 Å². The van der Waals surface area contributed by atoms with Crippen molar-refractivity contribution in [1.29, 1.82) is 0 Å². The first-order chi connectivity index (χ1) is 14.3. The number of β-amino-alcohol motifs (C(OH)–C–C–N with tert-alkyl or cyclic N) is 1. The third kappa shape index (κ3) is 3.87. The van der Waals surface area contributed by atoms with E-state index in [2.05, 4.69) is 4.90 Å². The maximum atomic E-state index is 14.1. The number of benzene rings is 2. The van der Waals surface area contributed by atoms with Crippen molar-refractivity contribution in [2.75, 3.05) is 24.5 Å². The molecule has 2 aromatic carbocycles. The quantitative estimate of drug-likeness (QED) is 0.810. The van der Waals surface area contributed by atoms with Crippen LogP contribution in [0.2, 0.25) is 0 Å². The van der Waals surface area contributed by atoms with E-state index in [1.807, 2.05) is 25.1 Å². The number of nitrogens with zero attached hydrogens (tertiary/aromatic N) is 2. The average molecular weight is 413 g/mol. The predicted octanol–water partition coefficient (Wildman–Crippen LogP) is 3.14. The molecule has 2 atom stereocenters. The number of piperidine rings is 1. The van der Waals surface area contributed by atoms with Crippen LogP contribution in [-0.4, -0.2) is 46.7 Å². The molecule has 0 aliphatic carbocycles. The molecule has 0 spiro atoms.